The molecular weight excluding hydrogens is 348 g/mol. The molecule has 3 aromatic rings. The molecule has 2 aromatic heterocycles. The molecule has 2 N–H and O–H groups in total. The number of carbonyl (C=O) groups is 2. The van der Waals surface area contributed by atoms with Gasteiger partial charge in [-0.2, -0.15) is 5.10 Å². The van der Waals surface area contributed by atoms with Gasteiger partial charge in [0, 0.05) is 30.2 Å². The van der Waals surface area contributed by atoms with Crippen molar-refractivity contribution < 1.29 is 19.1 Å². The van der Waals surface area contributed by atoms with E-state index in [0.717, 1.165) is 5.56 Å². The number of rotatable bonds is 4. The second-order valence-corrected chi connectivity index (χ2v) is 6.00. The average Bonchev–Trinajstić information content (AvgIpc) is 3.12. The normalized spacial score (nSPS) is 15.6. The van der Waals surface area contributed by atoms with Crippen LogP contribution in [-0.4, -0.2) is 34.2 Å². The van der Waals surface area contributed by atoms with Gasteiger partial charge in [-0.3, -0.25) is 9.89 Å². The fraction of sp³-hybridized carbons (Fsp3) is 0.158. The van der Waals surface area contributed by atoms with E-state index >= 15 is 0 Å². The number of amides is 1. The van der Waals surface area contributed by atoms with Crippen molar-refractivity contribution in [3.8, 4) is 11.6 Å². The number of hydrogen-bond donors (Lipinski definition) is 2. The van der Waals surface area contributed by atoms with E-state index in [1.54, 1.807) is 12.3 Å². The third-order valence-corrected chi connectivity index (χ3v) is 4.32. The van der Waals surface area contributed by atoms with Crippen molar-refractivity contribution in [3.05, 3.63) is 65.5 Å². The Balaban J connectivity index is 1.65. The van der Waals surface area contributed by atoms with Gasteiger partial charge in [0.05, 0.1) is 7.11 Å². The summed E-state index contributed by atoms with van der Waals surface area (Å²) in [6.45, 7) is 0. The van der Waals surface area contributed by atoms with E-state index in [9.17, 15) is 9.59 Å². The molecule has 4 rings (SSSR count). The molecule has 0 saturated heterocycles. The Bertz CT molecular complexity index is 983. The summed E-state index contributed by atoms with van der Waals surface area (Å²) in [7, 11) is 1.29. The molecule has 136 valence electrons. The Morgan fingerprint density at radius 3 is 2.70 bits per heavy atom. The SMILES string of the molecule is COC(=O)c1[nH]nc2c1C(c1ccc(Oc3ccccc3)nc1)CC(=O)N2. The number of aromatic amines is 1. The number of ether oxygens (including phenoxy) is 2. The molecule has 1 aromatic carbocycles. The van der Waals surface area contributed by atoms with Gasteiger partial charge in [-0.25, -0.2) is 9.78 Å². The molecule has 27 heavy (non-hydrogen) atoms. The molecule has 1 aliphatic heterocycles. The number of methoxy groups -OCH3 is 1. The Labute approximate surface area is 154 Å². The van der Waals surface area contributed by atoms with Crippen molar-refractivity contribution in [1.82, 2.24) is 15.2 Å². The molecule has 0 spiro atoms. The maximum absolute atomic E-state index is 12.0. The molecule has 8 heteroatoms. The van der Waals surface area contributed by atoms with Crippen molar-refractivity contribution in [3.63, 3.8) is 0 Å². The number of nitrogens with zero attached hydrogens (tertiary/aromatic N) is 2. The Morgan fingerprint density at radius 2 is 2.00 bits per heavy atom. The minimum Gasteiger partial charge on any atom is -0.464 e. The van der Waals surface area contributed by atoms with E-state index in [0.29, 0.717) is 23.0 Å². The molecule has 1 unspecified atom stereocenters. The van der Waals surface area contributed by atoms with Gasteiger partial charge in [-0.15, -0.1) is 0 Å². The smallest absolute Gasteiger partial charge is 0.356 e. The number of aromatic nitrogens is 3. The molecule has 1 atom stereocenters. The quantitative estimate of drug-likeness (QED) is 0.690. The van der Waals surface area contributed by atoms with Crippen LogP contribution in [0.5, 0.6) is 11.6 Å². The largest absolute Gasteiger partial charge is 0.464 e. The minimum absolute atomic E-state index is 0.178. The zero-order chi connectivity index (χ0) is 18.8. The molecule has 1 aliphatic rings. The predicted octanol–water partition coefficient (Wildman–Crippen LogP) is 2.86. The lowest BCUT2D eigenvalue weighted by molar-refractivity contribution is -0.116. The number of fused-ring (bicyclic) bond motifs is 1. The van der Waals surface area contributed by atoms with Crippen LogP contribution in [0.25, 0.3) is 0 Å². The summed E-state index contributed by atoms with van der Waals surface area (Å²) in [6, 6.07) is 12.9. The highest BCUT2D eigenvalue weighted by Gasteiger charge is 2.34. The van der Waals surface area contributed by atoms with Crippen LogP contribution in [0.15, 0.2) is 48.7 Å². The molecule has 8 nitrogen and oxygen atoms in total. The van der Waals surface area contributed by atoms with Gasteiger partial charge >= 0.3 is 5.97 Å². The molecule has 0 radical (unpaired) electrons. The van der Waals surface area contributed by atoms with Gasteiger partial charge in [0.25, 0.3) is 0 Å². The molecule has 1 amide bonds. The fourth-order valence-corrected chi connectivity index (χ4v) is 3.07. The molecule has 0 saturated carbocycles. The van der Waals surface area contributed by atoms with Crippen molar-refractivity contribution in [2.24, 2.45) is 0 Å². The Kier molecular flexibility index (Phi) is 4.29. The molecule has 0 aliphatic carbocycles. The van der Waals surface area contributed by atoms with E-state index in [1.165, 1.54) is 7.11 Å². The number of para-hydroxylation sites is 1. The van der Waals surface area contributed by atoms with Gasteiger partial charge in [0.2, 0.25) is 11.8 Å². The van der Waals surface area contributed by atoms with Crippen LogP contribution in [0, 0.1) is 0 Å². The molecule has 3 heterocycles. The summed E-state index contributed by atoms with van der Waals surface area (Å²) in [4.78, 5) is 28.4. The number of esters is 1. The second-order valence-electron chi connectivity index (χ2n) is 6.00. The van der Waals surface area contributed by atoms with Crippen LogP contribution < -0.4 is 10.1 Å². The monoisotopic (exact) mass is 364 g/mol. The van der Waals surface area contributed by atoms with E-state index in [1.807, 2.05) is 36.4 Å². The van der Waals surface area contributed by atoms with Crippen LogP contribution in [0.2, 0.25) is 0 Å². The standard InChI is InChI=1S/C19H16N4O4/c1-26-19(25)17-16-13(9-14(24)21-18(16)23-22-17)11-7-8-15(20-10-11)27-12-5-3-2-4-6-12/h2-8,10,13H,9H2,1H3,(H2,21,22,23,24). The topological polar surface area (TPSA) is 106 Å². The lowest BCUT2D eigenvalue weighted by atomic mass is 9.86. The van der Waals surface area contributed by atoms with E-state index in [4.69, 9.17) is 9.47 Å². The highest BCUT2D eigenvalue weighted by Crippen LogP contribution is 2.38. The van der Waals surface area contributed by atoms with Crippen LogP contribution in [0.1, 0.15) is 34.0 Å². The van der Waals surface area contributed by atoms with Crippen molar-refractivity contribution in [2.75, 3.05) is 12.4 Å². The van der Waals surface area contributed by atoms with Gasteiger partial charge in [-0.05, 0) is 17.7 Å². The van der Waals surface area contributed by atoms with E-state index < -0.39 is 5.97 Å². The Morgan fingerprint density at radius 1 is 1.19 bits per heavy atom. The zero-order valence-electron chi connectivity index (χ0n) is 14.4. The van der Waals surface area contributed by atoms with Crippen molar-refractivity contribution in [1.29, 1.82) is 0 Å². The first-order valence-electron chi connectivity index (χ1n) is 8.31. The first kappa shape index (κ1) is 16.8. The lowest BCUT2D eigenvalue weighted by Crippen LogP contribution is -2.24. The molecule has 0 fully saturated rings. The van der Waals surface area contributed by atoms with Crippen LogP contribution in [0.3, 0.4) is 0 Å². The first-order valence-corrected chi connectivity index (χ1v) is 8.31. The molecular formula is C19H16N4O4. The summed E-state index contributed by atoms with van der Waals surface area (Å²) in [5.74, 6) is 0.369. The van der Waals surface area contributed by atoms with Gasteiger partial charge < -0.3 is 14.8 Å². The van der Waals surface area contributed by atoms with Gasteiger partial charge in [0.1, 0.15) is 11.4 Å². The highest BCUT2D eigenvalue weighted by atomic mass is 16.5. The average molecular weight is 364 g/mol. The maximum atomic E-state index is 12.0. The third-order valence-electron chi connectivity index (χ3n) is 4.32. The zero-order valence-corrected chi connectivity index (χ0v) is 14.4. The number of H-pyrrole nitrogens is 1. The first-order chi connectivity index (χ1) is 13.2. The number of anilines is 1. The minimum atomic E-state index is -0.540. The van der Waals surface area contributed by atoms with E-state index in [-0.39, 0.29) is 23.9 Å². The summed E-state index contributed by atoms with van der Waals surface area (Å²) < 4.78 is 10.5. The molecule has 0 bridgehead atoms. The van der Waals surface area contributed by atoms with Crippen LogP contribution in [0.4, 0.5) is 5.82 Å². The van der Waals surface area contributed by atoms with Gasteiger partial charge in [0.15, 0.2) is 5.82 Å². The maximum Gasteiger partial charge on any atom is 0.356 e. The predicted molar refractivity (Wildman–Crippen MR) is 95.8 cm³/mol. The highest BCUT2D eigenvalue weighted by molar-refractivity contribution is 5.98. The van der Waals surface area contributed by atoms with Crippen LogP contribution in [-0.2, 0) is 9.53 Å². The Hall–Kier alpha value is -3.68. The van der Waals surface area contributed by atoms with Gasteiger partial charge in [-0.1, -0.05) is 24.3 Å². The summed E-state index contributed by atoms with van der Waals surface area (Å²) in [6.07, 6.45) is 1.82. The summed E-state index contributed by atoms with van der Waals surface area (Å²) in [5.41, 5.74) is 1.60. The lowest BCUT2D eigenvalue weighted by Gasteiger charge is -2.22. The number of pyridine rings is 1. The second kappa shape index (κ2) is 6.91. The number of benzene rings is 1. The number of carbonyl (C=O) groups excluding carboxylic acids is 2. The van der Waals surface area contributed by atoms with E-state index in [2.05, 4.69) is 20.5 Å². The summed E-state index contributed by atoms with van der Waals surface area (Å²) in [5, 5.41) is 9.34. The fourth-order valence-electron chi connectivity index (χ4n) is 3.07. The van der Waals surface area contributed by atoms with Crippen molar-refractivity contribution in [2.45, 2.75) is 12.3 Å². The van der Waals surface area contributed by atoms with Crippen LogP contribution >= 0.6 is 0 Å². The number of nitrogens with one attached hydrogen (secondary N) is 2. The third kappa shape index (κ3) is 3.24. The number of hydrogen-bond acceptors (Lipinski definition) is 6. The van der Waals surface area contributed by atoms with Crippen molar-refractivity contribution >= 4 is 17.7 Å². The summed E-state index contributed by atoms with van der Waals surface area (Å²) >= 11 is 0.